The second kappa shape index (κ2) is 11.3. The van der Waals surface area contributed by atoms with Gasteiger partial charge in [0.2, 0.25) is 0 Å². The molecule has 6 rings (SSSR count). The molecule has 40 heavy (non-hydrogen) atoms. The van der Waals surface area contributed by atoms with Crippen molar-refractivity contribution >= 4 is 28.0 Å². The standard InChI is InChI=1S/C37H31NOS/c1-3-38(4-2)37(39)36-35-30(25-40-36)31(26-17-9-5-10-18-26)32(27-19-11-6-12-20-27)33(28-21-13-7-14-22-28)34(35)29-23-15-8-16-24-29/h5-25H,3-4H2,1-2H3. The molecular formula is C37H31NOS. The van der Waals surface area contributed by atoms with Gasteiger partial charge in [-0.2, -0.15) is 0 Å². The summed E-state index contributed by atoms with van der Waals surface area (Å²) >= 11 is 1.56. The van der Waals surface area contributed by atoms with Crippen LogP contribution in [0, 0.1) is 0 Å². The largest absolute Gasteiger partial charge is 0.338 e. The Bertz CT molecular complexity index is 1750. The van der Waals surface area contributed by atoms with Crippen LogP contribution in [0.1, 0.15) is 23.5 Å². The van der Waals surface area contributed by atoms with Gasteiger partial charge >= 0.3 is 0 Å². The predicted octanol–water partition coefficient (Wildman–Crippen LogP) is 10.1. The van der Waals surface area contributed by atoms with Crippen molar-refractivity contribution in [2.45, 2.75) is 13.8 Å². The molecule has 0 aliphatic heterocycles. The van der Waals surface area contributed by atoms with E-state index in [1.165, 1.54) is 5.56 Å². The van der Waals surface area contributed by atoms with Crippen molar-refractivity contribution in [2.75, 3.05) is 13.1 Å². The first-order chi connectivity index (χ1) is 19.7. The number of carbonyl (C=O) groups excluding carboxylic acids is 1. The lowest BCUT2D eigenvalue weighted by Crippen LogP contribution is -2.30. The Morgan fingerprint density at radius 2 is 0.925 bits per heavy atom. The molecule has 0 saturated heterocycles. The predicted molar refractivity (Wildman–Crippen MR) is 171 cm³/mol. The van der Waals surface area contributed by atoms with Crippen LogP contribution in [0.3, 0.4) is 0 Å². The molecule has 1 aromatic heterocycles. The zero-order chi connectivity index (χ0) is 27.5. The Hall–Kier alpha value is -4.47. The summed E-state index contributed by atoms with van der Waals surface area (Å²) in [6, 6.07) is 42.5. The quantitative estimate of drug-likeness (QED) is 0.198. The molecule has 0 spiro atoms. The van der Waals surface area contributed by atoms with Crippen LogP contribution in [-0.2, 0) is 0 Å². The lowest BCUT2D eigenvalue weighted by molar-refractivity contribution is 0.0779. The Kier molecular flexibility index (Phi) is 7.31. The monoisotopic (exact) mass is 537 g/mol. The van der Waals surface area contributed by atoms with E-state index in [-0.39, 0.29) is 5.91 Å². The van der Waals surface area contributed by atoms with E-state index in [2.05, 4.69) is 127 Å². The molecule has 196 valence electrons. The first-order valence-corrected chi connectivity index (χ1v) is 14.7. The van der Waals surface area contributed by atoms with Crippen molar-refractivity contribution in [3.8, 4) is 44.5 Å². The Morgan fingerprint density at radius 1 is 0.550 bits per heavy atom. The highest BCUT2D eigenvalue weighted by atomic mass is 32.1. The van der Waals surface area contributed by atoms with E-state index in [0.717, 1.165) is 54.6 Å². The highest BCUT2D eigenvalue weighted by molar-refractivity contribution is 7.14. The van der Waals surface area contributed by atoms with Crippen molar-refractivity contribution in [3.05, 3.63) is 132 Å². The minimum absolute atomic E-state index is 0.0904. The summed E-state index contributed by atoms with van der Waals surface area (Å²) in [4.78, 5) is 16.8. The van der Waals surface area contributed by atoms with E-state index in [0.29, 0.717) is 13.1 Å². The van der Waals surface area contributed by atoms with E-state index >= 15 is 0 Å². The van der Waals surface area contributed by atoms with Crippen molar-refractivity contribution in [1.29, 1.82) is 0 Å². The molecule has 0 unspecified atom stereocenters. The number of rotatable bonds is 7. The van der Waals surface area contributed by atoms with E-state index in [9.17, 15) is 4.79 Å². The second-order valence-corrected chi connectivity index (χ2v) is 10.7. The highest BCUT2D eigenvalue weighted by Gasteiger charge is 2.29. The number of carbonyl (C=O) groups is 1. The molecule has 0 aliphatic carbocycles. The van der Waals surface area contributed by atoms with Crippen molar-refractivity contribution in [3.63, 3.8) is 0 Å². The molecule has 0 saturated carbocycles. The van der Waals surface area contributed by atoms with Crippen LogP contribution in [0.25, 0.3) is 55.3 Å². The second-order valence-electron chi connectivity index (χ2n) is 9.80. The highest BCUT2D eigenvalue weighted by Crippen LogP contribution is 2.52. The molecule has 0 N–H and O–H groups in total. The van der Waals surface area contributed by atoms with Crippen LogP contribution in [0.15, 0.2) is 127 Å². The summed E-state index contributed by atoms with van der Waals surface area (Å²) in [7, 11) is 0. The number of benzene rings is 5. The molecule has 3 heteroatoms. The summed E-state index contributed by atoms with van der Waals surface area (Å²) in [6.07, 6.45) is 0. The number of fused-ring (bicyclic) bond motifs is 1. The van der Waals surface area contributed by atoms with Gasteiger partial charge in [0, 0.05) is 29.2 Å². The van der Waals surface area contributed by atoms with Gasteiger partial charge in [0.05, 0.1) is 0 Å². The van der Waals surface area contributed by atoms with Crippen LogP contribution < -0.4 is 0 Å². The Labute approximate surface area is 240 Å². The van der Waals surface area contributed by atoms with E-state index in [1.807, 2.05) is 18.7 Å². The van der Waals surface area contributed by atoms with Gasteiger partial charge in [-0.15, -0.1) is 11.3 Å². The van der Waals surface area contributed by atoms with Crippen molar-refractivity contribution < 1.29 is 4.79 Å². The fourth-order valence-corrected chi connectivity index (χ4v) is 6.73. The number of hydrogen-bond donors (Lipinski definition) is 0. The summed E-state index contributed by atoms with van der Waals surface area (Å²) in [5, 5.41) is 4.34. The number of thiophene rings is 1. The minimum Gasteiger partial charge on any atom is -0.338 e. The molecular weight excluding hydrogens is 506 g/mol. The van der Waals surface area contributed by atoms with E-state index < -0.39 is 0 Å². The average molecular weight is 538 g/mol. The maximum atomic E-state index is 14.1. The Balaban J connectivity index is 1.88. The van der Waals surface area contributed by atoms with Crippen LogP contribution >= 0.6 is 11.3 Å². The van der Waals surface area contributed by atoms with E-state index in [4.69, 9.17) is 0 Å². The third kappa shape index (κ3) is 4.53. The molecule has 0 radical (unpaired) electrons. The van der Waals surface area contributed by atoms with Crippen molar-refractivity contribution in [2.24, 2.45) is 0 Å². The maximum Gasteiger partial charge on any atom is 0.264 e. The van der Waals surface area contributed by atoms with Crippen LogP contribution in [0.5, 0.6) is 0 Å². The molecule has 2 nitrogen and oxygen atoms in total. The lowest BCUT2D eigenvalue weighted by Gasteiger charge is -2.24. The van der Waals surface area contributed by atoms with Gasteiger partial charge in [-0.1, -0.05) is 121 Å². The molecule has 1 heterocycles. The molecule has 1 amide bonds. The Morgan fingerprint density at radius 3 is 1.35 bits per heavy atom. The summed E-state index contributed by atoms with van der Waals surface area (Å²) in [5.74, 6) is 0.0904. The van der Waals surface area contributed by atoms with Gasteiger partial charge in [0.25, 0.3) is 5.91 Å². The van der Waals surface area contributed by atoms with Crippen LogP contribution in [0.4, 0.5) is 0 Å². The molecule has 5 aromatic carbocycles. The van der Waals surface area contributed by atoms with Gasteiger partial charge in [0.15, 0.2) is 0 Å². The third-order valence-corrected chi connectivity index (χ3v) is 8.52. The lowest BCUT2D eigenvalue weighted by atomic mass is 9.79. The summed E-state index contributed by atoms with van der Waals surface area (Å²) < 4.78 is 0. The SMILES string of the molecule is CCN(CC)C(=O)c1scc2c(-c3ccccc3)c(-c3ccccc3)c(-c3ccccc3)c(-c3ccccc3)c12. The fraction of sp³-hybridized carbons (Fsp3) is 0.108. The minimum atomic E-state index is 0.0904. The van der Waals surface area contributed by atoms with Gasteiger partial charge < -0.3 is 4.90 Å². The zero-order valence-corrected chi connectivity index (χ0v) is 23.6. The van der Waals surface area contributed by atoms with Gasteiger partial charge in [0.1, 0.15) is 4.88 Å². The zero-order valence-electron chi connectivity index (χ0n) is 22.8. The summed E-state index contributed by atoms with van der Waals surface area (Å²) in [6.45, 7) is 5.45. The smallest absolute Gasteiger partial charge is 0.264 e. The first kappa shape index (κ1) is 25.8. The van der Waals surface area contributed by atoms with Gasteiger partial charge in [-0.3, -0.25) is 4.79 Å². The topological polar surface area (TPSA) is 20.3 Å². The van der Waals surface area contributed by atoms with Crippen LogP contribution in [-0.4, -0.2) is 23.9 Å². The normalized spacial score (nSPS) is 11.1. The summed E-state index contributed by atoms with van der Waals surface area (Å²) in [5.41, 5.74) is 9.14. The average Bonchev–Trinajstić information content (AvgIpc) is 3.47. The number of amides is 1. The molecule has 6 aromatic rings. The number of nitrogens with zero attached hydrogens (tertiary/aromatic N) is 1. The molecule has 0 atom stereocenters. The molecule has 0 fully saturated rings. The first-order valence-electron chi connectivity index (χ1n) is 13.8. The fourth-order valence-electron chi connectivity index (χ4n) is 5.70. The third-order valence-electron chi connectivity index (χ3n) is 7.56. The van der Waals surface area contributed by atoms with E-state index in [1.54, 1.807) is 11.3 Å². The van der Waals surface area contributed by atoms with Gasteiger partial charge in [-0.05, 0) is 58.4 Å². The number of hydrogen-bond acceptors (Lipinski definition) is 2. The molecule has 0 aliphatic rings. The molecule has 0 bridgehead atoms. The maximum absolute atomic E-state index is 14.1. The van der Waals surface area contributed by atoms with Gasteiger partial charge in [-0.25, -0.2) is 0 Å². The van der Waals surface area contributed by atoms with Crippen molar-refractivity contribution in [1.82, 2.24) is 4.90 Å². The van der Waals surface area contributed by atoms with Crippen LogP contribution in [0.2, 0.25) is 0 Å².